The summed E-state index contributed by atoms with van der Waals surface area (Å²) in [4.78, 5) is 9.73. The quantitative estimate of drug-likeness (QED) is 0.225. The number of hydrogen-bond donors (Lipinski definition) is 0. The molecule has 4 heterocycles. The molecule has 8 rings (SSSR count). The summed E-state index contributed by atoms with van der Waals surface area (Å²) in [6.45, 7) is 4.27. The monoisotopic (exact) mass is 534 g/mol. The van der Waals surface area contributed by atoms with Crippen LogP contribution in [0.1, 0.15) is 11.4 Å². The van der Waals surface area contributed by atoms with E-state index < -0.39 is 0 Å². The van der Waals surface area contributed by atoms with Crippen LogP contribution in [0.25, 0.3) is 55.6 Å². The molecule has 4 aromatic carbocycles. The average molecular weight is 535 g/mol. The van der Waals surface area contributed by atoms with Crippen LogP contribution in [-0.2, 0) is 0 Å². The Hall–Kier alpha value is -5.26. The van der Waals surface area contributed by atoms with E-state index in [1.54, 1.807) is 0 Å². The number of aryl methyl sites for hydroxylation is 2. The molecule has 0 saturated carbocycles. The Balaban J connectivity index is 0.000000144. The normalized spacial score (nSPS) is 11.0. The lowest BCUT2D eigenvalue weighted by Gasteiger charge is -2.09. The Bertz CT molecular complexity index is 1970. The van der Waals surface area contributed by atoms with Gasteiger partial charge < -0.3 is 14.3 Å². The van der Waals surface area contributed by atoms with Crippen molar-refractivity contribution < 1.29 is 5.48 Å². The molecule has 41 heavy (non-hydrogen) atoms. The summed E-state index contributed by atoms with van der Waals surface area (Å²) in [7, 11) is 0. The Morgan fingerprint density at radius 3 is 1.17 bits per heavy atom. The molecule has 5 heteroatoms. The van der Waals surface area contributed by atoms with Gasteiger partial charge >= 0.3 is 0 Å². The van der Waals surface area contributed by atoms with Crippen molar-refractivity contribution in [2.75, 3.05) is 0 Å². The highest BCUT2D eigenvalue weighted by molar-refractivity contribution is 5.89. The molecule has 2 N–H and O–H groups in total. The molecular weight excluding hydrogens is 504 g/mol. The molecule has 0 unspecified atom stereocenters. The molecular formula is C36H30N4O. The summed E-state index contributed by atoms with van der Waals surface area (Å²) in [5.74, 6) is 0. The van der Waals surface area contributed by atoms with E-state index in [9.17, 15) is 0 Å². The fourth-order valence-electron chi connectivity index (χ4n) is 5.55. The van der Waals surface area contributed by atoms with Gasteiger partial charge in [0, 0.05) is 22.5 Å². The molecule has 200 valence electrons. The first-order valence-corrected chi connectivity index (χ1v) is 13.5. The smallest absolute Gasteiger partial charge is 0.0950 e. The second kappa shape index (κ2) is 10.7. The summed E-state index contributed by atoms with van der Waals surface area (Å²) >= 11 is 0. The minimum Gasteiger partial charge on any atom is -0.412 e. The first-order chi connectivity index (χ1) is 19.7. The number of aromatic nitrogens is 4. The maximum atomic E-state index is 4.87. The first-order valence-electron chi connectivity index (χ1n) is 13.5. The van der Waals surface area contributed by atoms with Gasteiger partial charge in [-0.15, -0.1) is 0 Å². The lowest BCUT2D eigenvalue weighted by Crippen LogP contribution is -1.96. The summed E-state index contributed by atoms with van der Waals surface area (Å²) in [6, 6.07) is 45.9. The molecule has 0 saturated heterocycles. The molecule has 0 atom stereocenters. The summed E-state index contributed by atoms with van der Waals surface area (Å²) in [6.07, 6.45) is 0. The van der Waals surface area contributed by atoms with E-state index in [1.165, 1.54) is 11.4 Å². The lowest BCUT2D eigenvalue weighted by molar-refractivity contribution is 0.824. The highest BCUT2D eigenvalue weighted by atomic mass is 16.0. The average Bonchev–Trinajstić information content (AvgIpc) is 3.61. The lowest BCUT2D eigenvalue weighted by atomic mass is 10.1. The third-order valence-corrected chi connectivity index (χ3v) is 7.44. The highest BCUT2D eigenvalue weighted by Gasteiger charge is 2.12. The van der Waals surface area contributed by atoms with Crippen molar-refractivity contribution >= 4 is 33.1 Å². The maximum Gasteiger partial charge on any atom is 0.0950 e. The highest BCUT2D eigenvalue weighted by Crippen LogP contribution is 2.29. The number of benzene rings is 4. The Morgan fingerprint density at radius 1 is 0.390 bits per heavy atom. The Labute approximate surface area is 238 Å². The zero-order valence-electron chi connectivity index (χ0n) is 23.0. The van der Waals surface area contributed by atoms with Gasteiger partial charge in [0.1, 0.15) is 0 Å². The van der Waals surface area contributed by atoms with Gasteiger partial charge in [-0.3, -0.25) is 0 Å². The molecule has 4 aromatic heterocycles. The van der Waals surface area contributed by atoms with Crippen LogP contribution in [0, 0.1) is 13.8 Å². The van der Waals surface area contributed by atoms with Crippen LogP contribution >= 0.6 is 0 Å². The minimum absolute atomic E-state index is 0. The van der Waals surface area contributed by atoms with Gasteiger partial charge in [0.2, 0.25) is 0 Å². The number of fused-ring (bicyclic) bond motifs is 6. The first kappa shape index (κ1) is 26.0. The van der Waals surface area contributed by atoms with Gasteiger partial charge in [0.15, 0.2) is 0 Å². The Kier molecular flexibility index (Phi) is 6.79. The number of para-hydroxylation sites is 4. The Morgan fingerprint density at radius 2 is 0.756 bits per heavy atom. The summed E-state index contributed by atoms with van der Waals surface area (Å²) < 4.78 is 4.56. The maximum absolute atomic E-state index is 4.87. The third-order valence-electron chi connectivity index (χ3n) is 7.44. The molecule has 0 aliphatic rings. The molecule has 0 amide bonds. The second-order valence-corrected chi connectivity index (χ2v) is 10.0. The van der Waals surface area contributed by atoms with Crippen molar-refractivity contribution in [3.05, 3.63) is 145 Å². The van der Waals surface area contributed by atoms with E-state index in [2.05, 4.69) is 132 Å². The fourth-order valence-corrected chi connectivity index (χ4v) is 5.55. The molecule has 0 aliphatic heterocycles. The predicted octanol–water partition coefficient (Wildman–Crippen LogP) is 8.10. The van der Waals surface area contributed by atoms with Gasteiger partial charge in [-0.25, -0.2) is 9.97 Å². The van der Waals surface area contributed by atoms with Crippen molar-refractivity contribution in [1.82, 2.24) is 18.8 Å². The molecule has 0 radical (unpaired) electrons. The van der Waals surface area contributed by atoms with Crippen LogP contribution < -0.4 is 0 Å². The molecule has 0 fully saturated rings. The standard InChI is InChI=1S/2C18H14N2.H2O/c2*1-13-11-12-17-18(14-7-3-2-4-8-14)19-15-9-5-6-10-16(15)20(13)17;/h2*2-12H,1H3;1H2. The van der Waals surface area contributed by atoms with E-state index >= 15 is 0 Å². The molecule has 8 aromatic rings. The van der Waals surface area contributed by atoms with Gasteiger partial charge in [-0.2, -0.15) is 0 Å². The van der Waals surface area contributed by atoms with Crippen molar-refractivity contribution in [3.63, 3.8) is 0 Å². The summed E-state index contributed by atoms with van der Waals surface area (Å²) in [5, 5.41) is 0. The van der Waals surface area contributed by atoms with Crippen LogP contribution in [0.15, 0.2) is 133 Å². The van der Waals surface area contributed by atoms with Gasteiger partial charge in [-0.05, 0) is 62.4 Å². The summed E-state index contributed by atoms with van der Waals surface area (Å²) in [5.41, 5.74) is 13.5. The van der Waals surface area contributed by atoms with E-state index in [-0.39, 0.29) is 5.48 Å². The van der Waals surface area contributed by atoms with Crippen molar-refractivity contribution in [2.24, 2.45) is 0 Å². The molecule has 0 spiro atoms. The SMILES string of the molecule is Cc1ccc2c(-c3ccccc3)nc3ccccc3n12.Cc1ccc2c(-c3ccccc3)nc3ccccc3n12.O. The minimum atomic E-state index is 0. The number of rotatable bonds is 2. The predicted molar refractivity (Wildman–Crippen MR) is 169 cm³/mol. The molecule has 0 aliphatic carbocycles. The molecule has 0 bridgehead atoms. The van der Waals surface area contributed by atoms with Crippen LogP contribution in [0.3, 0.4) is 0 Å². The van der Waals surface area contributed by atoms with Gasteiger partial charge in [0.05, 0.1) is 44.5 Å². The zero-order valence-corrected chi connectivity index (χ0v) is 23.0. The van der Waals surface area contributed by atoms with E-state index in [4.69, 9.17) is 9.97 Å². The van der Waals surface area contributed by atoms with Crippen LogP contribution in [0.5, 0.6) is 0 Å². The number of nitrogens with zero attached hydrogens (tertiary/aromatic N) is 4. The largest absolute Gasteiger partial charge is 0.412 e. The third kappa shape index (κ3) is 4.52. The topological polar surface area (TPSA) is 66.1 Å². The van der Waals surface area contributed by atoms with Crippen molar-refractivity contribution in [2.45, 2.75) is 13.8 Å². The zero-order chi connectivity index (χ0) is 27.1. The van der Waals surface area contributed by atoms with Gasteiger partial charge in [0.25, 0.3) is 0 Å². The van der Waals surface area contributed by atoms with Crippen molar-refractivity contribution in [3.8, 4) is 22.5 Å². The van der Waals surface area contributed by atoms with Crippen LogP contribution in [-0.4, -0.2) is 24.2 Å². The van der Waals surface area contributed by atoms with Crippen molar-refractivity contribution in [1.29, 1.82) is 0 Å². The number of hydrogen-bond acceptors (Lipinski definition) is 2. The molecule has 5 nitrogen and oxygen atoms in total. The van der Waals surface area contributed by atoms with Crippen LogP contribution in [0.4, 0.5) is 0 Å². The van der Waals surface area contributed by atoms with E-state index in [0.717, 1.165) is 55.6 Å². The van der Waals surface area contributed by atoms with E-state index in [0.29, 0.717) is 0 Å². The fraction of sp³-hybridized carbons (Fsp3) is 0.0556. The second-order valence-electron chi connectivity index (χ2n) is 10.0. The van der Waals surface area contributed by atoms with E-state index in [1.807, 2.05) is 24.3 Å². The van der Waals surface area contributed by atoms with Gasteiger partial charge in [-0.1, -0.05) is 84.9 Å². The van der Waals surface area contributed by atoms with Crippen LogP contribution in [0.2, 0.25) is 0 Å².